The van der Waals surface area contributed by atoms with Gasteiger partial charge in [-0.1, -0.05) is 37.3 Å². The van der Waals surface area contributed by atoms with E-state index in [4.69, 9.17) is 4.74 Å². The Bertz CT molecular complexity index is 1060. The predicted octanol–water partition coefficient (Wildman–Crippen LogP) is 4.27. The Morgan fingerprint density at radius 3 is 2.41 bits per heavy atom. The number of carbonyl (C=O) groups excluding carboxylic acids is 1. The van der Waals surface area contributed by atoms with Crippen molar-refractivity contribution in [3.05, 3.63) is 82.2 Å². The number of anilines is 1. The molecule has 1 aliphatic rings. The summed E-state index contributed by atoms with van der Waals surface area (Å²) in [6.07, 6.45) is 0.915. The number of aliphatic hydroxyl groups excluding tert-OH is 1. The number of nitrogens with zero attached hydrogens (tertiary/aromatic N) is 2. The van der Waals surface area contributed by atoms with Crippen LogP contribution in [0.25, 0.3) is 0 Å². The zero-order chi connectivity index (χ0) is 23.9. The largest absolute Gasteiger partial charge is 0.497 e. The summed E-state index contributed by atoms with van der Waals surface area (Å²) in [7, 11) is 1.68. The number of methoxy groups -OCH3 is 1. The van der Waals surface area contributed by atoms with E-state index in [1.165, 1.54) is 10.4 Å². The van der Waals surface area contributed by atoms with Gasteiger partial charge in [0.25, 0.3) is 5.91 Å². The Morgan fingerprint density at radius 2 is 1.79 bits per heavy atom. The van der Waals surface area contributed by atoms with Crippen LogP contribution in [0.5, 0.6) is 5.75 Å². The number of ether oxygens (including phenoxy) is 1. The first-order chi connectivity index (χ1) is 16.6. The van der Waals surface area contributed by atoms with Gasteiger partial charge in [-0.25, -0.2) is 0 Å². The van der Waals surface area contributed by atoms with E-state index in [2.05, 4.69) is 40.2 Å². The van der Waals surface area contributed by atoms with Crippen LogP contribution in [0.15, 0.2) is 60.7 Å². The number of thiophene rings is 1. The normalized spacial score (nSPS) is 15.7. The topological polar surface area (TPSA) is 65.0 Å². The van der Waals surface area contributed by atoms with Gasteiger partial charge in [0.15, 0.2) is 0 Å². The van der Waals surface area contributed by atoms with Gasteiger partial charge in [0.05, 0.1) is 19.8 Å². The summed E-state index contributed by atoms with van der Waals surface area (Å²) in [5.74, 6) is 0.736. The molecule has 1 aromatic heterocycles. The number of hydrogen-bond acceptors (Lipinski definition) is 6. The van der Waals surface area contributed by atoms with Crippen molar-refractivity contribution in [2.75, 3.05) is 51.8 Å². The first-order valence-electron chi connectivity index (χ1n) is 11.8. The molecule has 7 heteroatoms. The van der Waals surface area contributed by atoms with Crippen molar-refractivity contribution in [1.29, 1.82) is 0 Å². The molecule has 2 N–H and O–H groups in total. The molecule has 1 amide bonds. The molecule has 0 radical (unpaired) electrons. The average Bonchev–Trinajstić information content (AvgIpc) is 3.28. The number of nitrogens with one attached hydrogen (secondary N) is 1. The maximum Gasteiger partial charge on any atom is 0.256 e. The molecule has 0 spiro atoms. The monoisotopic (exact) mass is 479 g/mol. The Kier molecular flexibility index (Phi) is 8.34. The minimum absolute atomic E-state index is 0.0183. The molecule has 0 saturated carbocycles. The molecule has 1 saturated heterocycles. The van der Waals surface area contributed by atoms with E-state index in [0.29, 0.717) is 12.1 Å². The number of benzene rings is 2. The molecule has 180 valence electrons. The van der Waals surface area contributed by atoms with Gasteiger partial charge < -0.3 is 15.2 Å². The number of aryl methyl sites for hydroxylation is 1. The van der Waals surface area contributed by atoms with Gasteiger partial charge >= 0.3 is 0 Å². The molecular weight excluding hydrogens is 446 g/mol. The summed E-state index contributed by atoms with van der Waals surface area (Å²) < 4.78 is 5.39. The smallest absolute Gasteiger partial charge is 0.256 e. The molecule has 34 heavy (non-hydrogen) atoms. The second kappa shape index (κ2) is 11.6. The van der Waals surface area contributed by atoms with Crippen molar-refractivity contribution >= 4 is 22.2 Å². The molecule has 0 aliphatic carbocycles. The molecule has 1 atom stereocenters. The lowest BCUT2D eigenvalue weighted by atomic mass is 9.97. The number of amides is 1. The lowest BCUT2D eigenvalue weighted by Crippen LogP contribution is -2.48. The summed E-state index contributed by atoms with van der Waals surface area (Å²) in [5.41, 5.74) is 2.96. The summed E-state index contributed by atoms with van der Waals surface area (Å²) in [6.45, 7) is 6.63. The van der Waals surface area contributed by atoms with Crippen LogP contribution in [0.3, 0.4) is 0 Å². The van der Waals surface area contributed by atoms with E-state index < -0.39 is 0 Å². The number of aliphatic hydroxyl groups is 1. The van der Waals surface area contributed by atoms with Crippen LogP contribution in [-0.4, -0.2) is 67.3 Å². The third kappa shape index (κ3) is 5.67. The first kappa shape index (κ1) is 24.4. The zero-order valence-corrected chi connectivity index (χ0v) is 20.7. The van der Waals surface area contributed by atoms with E-state index in [-0.39, 0.29) is 18.6 Å². The van der Waals surface area contributed by atoms with Crippen LogP contribution in [-0.2, 0) is 6.42 Å². The molecule has 1 aliphatic heterocycles. The number of β-amino-alcohol motifs (C(OH)–C–C–N with tert-alkyl or cyclic N) is 1. The predicted molar refractivity (Wildman–Crippen MR) is 138 cm³/mol. The Hall–Kier alpha value is -2.71. The number of rotatable bonds is 9. The van der Waals surface area contributed by atoms with Crippen molar-refractivity contribution in [2.45, 2.75) is 19.4 Å². The fourth-order valence-electron chi connectivity index (χ4n) is 4.46. The highest BCUT2D eigenvalue weighted by Crippen LogP contribution is 2.40. The van der Waals surface area contributed by atoms with Crippen molar-refractivity contribution in [1.82, 2.24) is 9.80 Å². The quantitative estimate of drug-likeness (QED) is 0.480. The third-order valence-corrected chi connectivity index (χ3v) is 7.55. The van der Waals surface area contributed by atoms with Gasteiger partial charge in [0.2, 0.25) is 0 Å². The van der Waals surface area contributed by atoms with Gasteiger partial charge in [0.1, 0.15) is 10.8 Å². The zero-order valence-electron chi connectivity index (χ0n) is 19.9. The van der Waals surface area contributed by atoms with Crippen LogP contribution in [0, 0.1) is 0 Å². The van der Waals surface area contributed by atoms with Crippen LogP contribution in [0.4, 0.5) is 5.00 Å². The molecule has 2 heterocycles. The van der Waals surface area contributed by atoms with Crippen molar-refractivity contribution < 1.29 is 14.6 Å². The fourth-order valence-corrected chi connectivity index (χ4v) is 5.48. The van der Waals surface area contributed by atoms with Gasteiger partial charge in [-0.15, -0.1) is 11.3 Å². The minimum atomic E-state index is -0.0902. The van der Waals surface area contributed by atoms with E-state index >= 15 is 0 Å². The van der Waals surface area contributed by atoms with Gasteiger partial charge in [-0.05, 0) is 42.3 Å². The van der Waals surface area contributed by atoms with Crippen LogP contribution >= 0.6 is 11.3 Å². The van der Waals surface area contributed by atoms with E-state index in [1.807, 2.05) is 42.5 Å². The maximum atomic E-state index is 13.0. The minimum Gasteiger partial charge on any atom is -0.497 e. The molecule has 6 nitrogen and oxygen atoms in total. The average molecular weight is 480 g/mol. The standard InChI is InChI=1S/C27H33N3O3S/c1-3-23-19-24(27(34-23)28-26(32)21-7-5-4-6-8-21)25(20-9-11-22(33-2)12-10-20)30-15-13-29(14-16-30)17-18-31/h4-12,19,25,31H,3,13-18H2,1-2H3,(H,28,32)/t25-/m0/s1. The Morgan fingerprint density at radius 1 is 1.09 bits per heavy atom. The van der Waals surface area contributed by atoms with Crippen molar-refractivity contribution in [3.63, 3.8) is 0 Å². The van der Waals surface area contributed by atoms with Gasteiger partial charge in [0, 0.05) is 48.7 Å². The number of carbonyl (C=O) groups is 1. The summed E-state index contributed by atoms with van der Waals surface area (Å²) >= 11 is 1.66. The molecule has 1 fully saturated rings. The molecule has 3 aromatic rings. The molecule has 2 aromatic carbocycles. The first-order valence-corrected chi connectivity index (χ1v) is 12.6. The number of hydrogen-bond donors (Lipinski definition) is 2. The van der Waals surface area contributed by atoms with E-state index in [9.17, 15) is 9.90 Å². The lowest BCUT2D eigenvalue weighted by molar-refractivity contribution is 0.0946. The highest BCUT2D eigenvalue weighted by Gasteiger charge is 2.30. The highest BCUT2D eigenvalue weighted by atomic mass is 32.1. The van der Waals surface area contributed by atoms with Gasteiger partial charge in [-0.3, -0.25) is 14.6 Å². The van der Waals surface area contributed by atoms with Crippen LogP contribution in [0.2, 0.25) is 0 Å². The van der Waals surface area contributed by atoms with Crippen LogP contribution < -0.4 is 10.1 Å². The fraction of sp³-hybridized carbons (Fsp3) is 0.370. The SMILES string of the molecule is CCc1cc([C@H](c2ccc(OC)cc2)N2CCN(CCO)CC2)c(NC(=O)c2ccccc2)s1. The second-order valence-electron chi connectivity index (χ2n) is 8.45. The lowest BCUT2D eigenvalue weighted by Gasteiger charge is -2.39. The van der Waals surface area contributed by atoms with Crippen molar-refractivity contribution in [3.8, 4) is 5.75 Å². The molecular formula is C27H33N3O3S. The second-order valence-corrected chi connectivity index (χ2v) is 9.58. The van der Waals surface area contributed by atoms with Crippen LogP contribution in [0.1, 0.15) is 39.3 Å². The maximum absolute atomic E-state index is 13.0. The molecule has 4 rings (SSSR count). The highest BCUT2D eigenvalue weighted by molar-refractivity contribution is 7.16. The van der Waals surface area contributed by atoms with E-state index in [0.717, 1.165) is 48.9 Å². The Balaban J connectivity index is 1.69. The Labute approximate surface area is 205 Å². The summed E-state index contributed by atoms with van der Waals surface area (Å²) in [6, 6.07) is 19.9. The summed E-state index contributed by atoms with van der Waals surface area (Å²) in [4.78, 5) is 19.1. The number of piperazine rings is 1. The summed E-state index contributed by atoms with van der Waals surface area (Å²) in [5, 5.41) is 13.5. The molecule has 0 unspecified atom stereocenters. The van der Waals surface area contributed by atoms with Gasteiger partial charge in [-0.2, -0.15) is 0 Å². The van der Waals surface area contributed by atoms with E-state index in [1.54, 1.807) is 18.4 Å². The third-order valence-electron chi connectivity index (χ3n) is 6.34. The molecule has 0 bridgehead atoms. The van der Waals surface area contributed by atoms with Crippen molar-refractivity contribution in [2.24, 2.45) is 0 Å².